The maximum Gasteiger partial charge on any atom is 0.166 e. The van der Waals surface area contributed by atoms with Crippen molar-refractivity contribution in [2.45, 2.75) is 51.9 Å². The Hall–Kier alpha value is -1.02. The number of ether oxygens (including phenoxy) is 1. The zero-order chi connectivity index (χ0) is 13.7. The minimum atomic E-state index is 0.164. The van der Waals surface area contributed by atoms with Gasteiger partial charge in [0.1, 0.15) is 5.75 Å². The van der Waals surface area contributed by atoms with E-state index in [2.05, 4.69) is 6.92 Å². The lowest BCUT2D eigenvalue weighted by atomic mass is 10.0. The van der Waals surface area contributed by atoms with E-state index in [4.69, 9.17) is 16.3 Å². The van der Waals surface area contributed by atoms with E-state index in [0.717, 1.165) is 30.6 Å². The molecule has 1 aromatic rings. The van der Waals surface area contributed by atoms with E-state index in [1.165, 1.54) is 19.3 Å². The second-order valence-electron chi connectivity index (χ2n) is 5.13. The summed E-state index contributed by atoms with van der Waals surface area (Å²) in [7, 11) is 0. The largest absolute Gasteiger partial charge is 0.492 e. The molecule has 19 heavy (non-hydrogen) atoms. The summed E-state index contributed by atoms with van der Waals surface area (Å²) in [5, 5.41) is 0.638. The Bertz CT molecular complexity index is 454. The molecule has 0 saturated carbocycles. The summed E-state index contributed by atoms with van der Waals surface area (Å²) in [6, 6.07) is 3.65. The third-order valence-corrected chi connectivity index (χ3v) is 3.77. The van der Waals surface area contributed by atoms with Crippen LogP contribution in [0, 0.1) is 0 Å². The highest BCUT2D eigenvalue weighted by atomic mass is 35.5. The Labute approximate surface area is 120 Å². The van der Waals surface area contributed by atoms with Crippen LogP contribution in [0.4, 0.5) is 0 Å². The van der Waals surface area contributed by atoms with Gasteiger partial charge in [-0.1, -0.05) is 44.2 Å². The number of carbonyl (C=O) groups excluding carboxylic acids is 1. The first-order valence-corrected chi connectivity index (χ1v) is 7.58. The first kappa shape index (κ1) is 14.4. The molecule has 1 heterocycles. The van der Waals surface area contributed by atoms with E-state index in [0.29, 0.717) is 23.6 Å². The van der Waals surface area contributed by atoms with Crippen LogP contribution < -0.4 is 4.74 Å². The van der Waals surface area contributed by atoms with E-state index < -0.39 is 0 Å². The van der Waals surface area contributed by atoms with Gasteiger partial charge in [-0.25, -0.2) is 0 Å². The van der Waals surface area contributed by atoms with Gasteiger partial charge in [0, 0.05) is 17.9 Å². The van der Waals surface area contributed by atoms with Gasteiger partial charge >= 0.3 is 0 Å². The van der Waals surface area contributed by atoms with Crippen molar-refractivity contribution in [1.82, 2.24) is 0 Å². The van der Waals surface area contributed by atoms with Crippen LogP contribution in [0.5, 0.6) is 5.75 Å². The van der Waals surface area contributed by atoms with Crippen molar-refractivity contribution >= 4 is 17.4 Å². The number of fused-ring (bicyclic) bond motifs is 1. The first-order valence-electron chi connectivity index (χ1n) is 7.20. The fraction of sp³-hybridized carbons (Fsp3) is 0.562. The zero-order valence-electron chi connectivity index (χ0n) is 11.5. The molecule has 3 heteroatoms. The summed E-state index contributed by atoms with van der Waals surface area (Å²) in [4.78, 5) is 12.3. The molecular weight excluding hydrogens is 260 g/mol. The van der Waals surface area contributed by atoms with E-state index in [1.54, 1.807) is 6.07 Å². The fourth-order valence-corrected chi connectivity index (χ4v) is 2.74. The van der Waals surface area contributed by atoms with Gasteiger partial charge in [-0.2, -0.15) is 0 Å². The molecule has 0 unspecified atom stereocenters. The van der Waals surface area contributed by atoms with Crippen molar-refractivity contribution in [3.8, 4) is 5.75 Å². The van der Waals surface area contributed by atoms with Gasteiger partial charge < -0.3 is 4.74 Å². The number of halogens is 1. The van der Waals surface area contributed by atoms with Crippen molar-refractivity contribution in [1.29, 1.82) is 0 Å². The Morgan fingerprint density at radius 1 is 1.26 bits per heavy atom. The third-order valence-electron chi connectivity index (χ3n) is 3.56. The Morgan fingerprint density at radius 3 is 2.84 bits per heavy atom. The van der Waals surface area contributed by atoms with Gasteiger partial charge in [-0.05, 0) is 24.1 Å². The lowest BCUT2D eigenvalue weighted by Gasteiger charge is -2.08. The molecule has 1 aliphatic heterocycles. The third kappa shape index (κ3) is 3.73. The Kier molecular flexibility index (Phi) is 5.26. The van der Waals surface area contributed by atoms with Crippen molar-refractivity contribution in [2.24, 2.45) is 0 Å². The number of carbonyl (C=O) groups is 1. The summed E-state index contributed by atoms with van der Waals surface area (Å²) in [5.74, 6) is 0.931. The molecule has 2 rings (SSSR count). The number of unbranched alkanes of at least 4 members (excludes halogenated alkanes) is 4. The highest BCUT2D eigenvalue weighted by Gasteiger charge is 2.21. The number of hydrogen-bond acceptors (Lipinski definition) is 2. The van der Waals surface area contributed by atoms with Crippen molar-refractivity contribution in [3.63, 3.8) is 0 Å². The summed E-state index contributed by atoms with van der Waals surface area (Å²) in [5.41, 5.74) is 1.75. The highest BCUT2D eigenvalue weighted by molar-refractivity contribution is 6.31. The smallest absolute Gasteiger partial charge is 0.166 e. The first-order chi connectivity index (χ1) is 9.22. The number of rotatable bonds is 7. The standard InChI is InChI=1S/C16H21ClO2/c1-2-3-4-5-6-7-15(18)14-11-13(17)10-12-8-9-19-16(12)14/h10-11H,2-9H2,1H3. The van der Waals surface area contributed by atoms with Gasteiger partial charge in [0.05, 0.1) is 12.2 Å². The Morgan fingerprint density at radius 2 is 2.05 bits per heavy atom. The van der Waals surface area contributed by atoms with Gasteiger partial charge in [-0.15, -0.1) is 0 Å². The second-order valence-corrected chi connectivity index (χ2v) is 5.56. The van der Waals surface area contributed by atoms with Crippen LogP contribution in [0.1, 0.15) is 61.4 Å². The quantitative estimate of drug-likeness (QED) is 0.529. The lowest BCUT2D eigenvalue weighted by Crippen LogP contribution is -2.02. The SMILES string of the molecule is CCCCCCCC(=O)c1cc(Cl)cc2c1OCC2. The fourth-order valence-electron chi connectivity index (χ4n) is 2.50. The molecule has 0 spiro atoms. The maximum absolute atomic E-state index is 12.3. The highest BCUT2D eigenvalue weighted by Crippen LogP contribution is 2.33. The van der Waals surface area contributed by atoms with Crippen LogP contribution in [0.15, 0.2) is 12.1 Å². The van der Waals surface area contributed by atoms with Crippen LogP contribution in [0.25, 0.3) is 0 Å². The number of ketones is 1. The van der Waals surface area contributed by atoms with Crippen LogP contribution in [0.2, 0.25) is 5.02 Å². The number of hydrogen-bond donors (Lipinski definition) is 0. The molecule has 1 aromatic carbocycles. The summed E-state index contributed by atoms with van der Waals surface area (Å²) >= 11 is 6.07. The predicted molar refractivity (Wildman–Crippen MR) is 78.4 cm³/mol. The molecule has 0 radical (unpaired) electrons. The molecule has 0 bridgehead atoms. The summed E-state index contributed by atoms with van der Waals surface area (Å²) in [6.07, 6.45) is 7.23. The summed E-state index contributed by atoms with van der Waals surface area (Å²) in [6.45, 7) is 2.85. The average molecular weight is 281 g/mol. The lowest BCUT2D eigenvalue weighted by molar-refractivity contribution is 0.0976. The van der Waals surface area contributed by atoms with Gasteiger partial charge in [0.2, 0.25) is 0 Å². The monoisotopic (exact) mass is 280 g/mol. The van der Waals surface area contributed by atoms with E-state index in [-0.39, 0.29) is 5.78 Å². The van der Waals surface area contributed by atoms with E-state index in [1.807, 2.05) is 6.07 Å². The van der Waals surface area contributed by atoms with Crippen LogP contribution >= 0.6 is 11.6 Å². The maximum atomic E-state index is 12.3. The normalized spacial score (nSPS) is 13.2. The molecule has 0 aromatic heterocycles. The molecule has 0 saturated heterocycles. The molecule has 0 atom stereocenters. The predicted octanol–water partition coefficient (Wildman–Crippen LogP) is 4.82. The van der Waals surface area contributed by atoms with Crippen LogP contribution in [0.3, 0.4) is 0 Å². The molecule has 1 aliphatic rings. The number of benzene rings is 1. The minimum Gasteiger partial charge on any atom is -0.492 e. The summed E-state index contributed by atoms with van der Waals surface area (Å²) < 4.78 is 5.57. The molecule has 0 N–H and O–H groups in total. The number of Topliss-reactive ketones (excluding diaryl/α,β-unsaturated/α-hetero) is 1. The average Bonchev–Trinajstić information content (AvgIpc) is 2.85. The minimum absolute atomic E-state index is 0.164. The Balaban J connectivity index is 1.96. The zero-order valence-corrected chi connectivity index (χ0v) is 12.3. The van der Waals surface area contributed by atoms with Gasteiger partial charge in [-0.3, -0.25) is 4.79 Å². The van der Waals surface area contributed by atoms with Crippen LogP contribution in [-0.4, -0.2) is 12.4 Å². The van der Waals surface area contributed by atoms with Crippen molar-refractivity contribution in [2.75, 3.05) is 6.61 Å². The van der Waals surface area contributed by atoms with Crippen LogP contribution in [-0.2, 0) is 6.42 Å². The molecule has 104 valence electrons. The van der Waals surface area contributed by atoms with Crippen molar-refractivity contribution < 1.29 is 9.53 Å². The molecule has 2 nitrogen and oxygen atoms in total. The molecule has 0 fully saturated rings. The molecular formula is C16H21ClO2. The van der Waals surface area contributed by atoms with E-state index >= 15 is 0 Å². The topological polar surface area (TPSA) is 26.3 Å². The molecule has 0 aliphatic carbocycles. The molecule has 0 amide bonds. The van der Waals surface area contributed by atoms with Crippen molar-refractivity contribution in [3.05, 3.63) is 28.3 Å². The van der Waals surface area contributed by atoms with Gasteiger partial charge in [0.25, 0.3) is 0 Å². The second kappa shape index (κ2) is 6.95. The van der Waals surface area contributed by atoms with E-state index in [9.17, 15) is 4.79 Å². The van der Waals surface area contributed by atoms with Gasteiger partial charge in [0.15, 0.2) is 5.78 Å².